The molecule has 3 heteroatoms. The van der Waals surface area contributed by atoms with E-state index >= 15 is 0 Å². The van der Waals surface area contributed by atoms with Crippen LogP contribution in [0.15, 0.2) is 0 Å². The Morgan fingerprint density at radius 3 is 2.83 bits per heavy atom. The molecule has 1 aliphatic heterocycles. The molecule has 0 aliphatic carbocycles. The number of hydrogen-bond acceptors (Lipinski definition) is 3. The van der Waals surface area contributed by atoms with Crippen LogP contribution in [0.5, 0.6) is 0 Å². The minimum atomic E-state index is -0.116. The Morgan fingerprint density at radius 1 is 1.58 bits per heavy atom. The van der Waals surface area contributed by atoms with Crippen molar-refractivity contribution in [2.75, 3.05) is 26.7 Å². The Kier molecular flexibility index (Phi) is 3.98. The van der Waals surface area contributed by atoms with Gasteiger partial charge >= 0.3 is 0 Å². The molecule has 2 atom stereocenters. The van der Waals surface area contributed by atoms with Gasteiger partial charge in [0, 0.05) is 6.04 Å². The van der Waals surface area contributed by atoms with Gasteiger partial charge in [-0.15, -0.1) is 0 Å². The fraction of sp³-hybridized carbons (Fsp3) is 1.00. The van der Waals surface area contributed by atoms with E-state index in [-0.39, 0.29) is 6.10 Å². The average molecular weight is 172 g/mol. The highest BCUT2D eigenvalue weighted by Gasteiger charge is 2.23. The second-order valence-corrected chi connectivity index (χ2v) is 3.60. The van der Waals surface area contributed by atoms with Gasteiger partial charge in [-0.3, -0.25) is 0 Å². The van der Waals surface area contributed by atoms with Gasteiger partial charge < -0.3 is 15.3 Å². The fourth-order valence-corrected chi connectivity index (χ4v) is 1.57. The first kappa shape index (κ1) is 9.96. The zero-order valence-corrected chi connectivity index (χ0v) is 8.08. The predicted molar refractivity (Wildman–Crippen MR) is 50.2 cm³/mol. The summed E-state index contributed by atoms with van der Waals surface area (Å²) < 4.78 is 0. The maximum atomic E-state index is 9.49. The Hall–Kier alpha value is -0.120. The summed E-state index contributed by atoms with van der Waals surface area (Å²) in [7, 11) is 2.11. The van der Waals surface area contributed by atoms with Crippen molar-refractivity contribution in [2.45, 2.75) is 31.9 Å². The summed E-state index contributed by atoms with van der Waals surface area (Å²) in [5.41, 5.74) is 0. The van der Waals surface area contributed by atoms with Crippen molar-refractivity contribution in [3.05, 3.63) is 0 Å². The molecule has 2 N–H and O–H groups in total. The summed E-state index contributed by atoms with van der Waals surface area (Å²) in [6, 6.07) is 0.332. The van der Waals surface area contributed by atoms with Crippen molar-refractivity contribution in [3.63, 3.8) is 0 Å². The molecule has 0 amide bonds. The number of aliphatic hydroxyl groups is 1. The average Bonchev–Trinajstić information content (AvgIpc) is 2.47. The Bertz CT molecular complexity index is 130. The highest BCUT2D eigenvalue weighted by atomic mass is 16.3. The van der Waals surface area contributed by atoms with E-state index in [1.54, 1.807) is 0 Å². The molecule has 1 saturated heterocycles. The number of aliphatic hydroxyl groups excluding tert-OH is 1. The van der Waals surface area contributed by atoms with Crippen molar-refractivity contribution in [1.29, 1.82) is 0 Å². The van der Waals surface area contributed by atoms with Crippen LogP contribution in [0, 0.1) is 0 Å². The fourth-order valence-electron chi connectivity index (χ4n) is 1.57. The third-order valence-corrected chi connectivity index (χ3v) is 2.67. The van der Waals surface area contributed by atoms with E-state index in [9.17, 15) is 5.11 Å². The van der Waals surface area contributed by atoms with Crippen LogP contribution in [0.3, 0.4) is 0 Å². The van der Waals surface area contributed by atoms with Gasteiger partial charge in [-0.05, 0) is 39.5 Å². The van der Waals surface area contributed by atoms with E-state index in [2.05, 4.69) is 24.2 Å². The van der Waals surface area contributed by atoms with Gasteiger partial charge in [0.2, 0.25) is 0 Å². The smallest absolute Gasteiger partial charge is 0.0705 e. The zero-order chi connectivity index (χ0) is 8.97. The number of hydrogen-bond donors (Lipinski definition) is 2. The summed E-state index contributed by atoms with van der Waals surface area (Å²) in [6.45, 7) is 5.29. The quantitative estimate of drug-likeness (QED) is 0.629. The van der Waals surface area contributed by atoms with Crippen LogP contribution < -0.4 is 5.32 Å². The monoisotopic (exact) mass is 172 g/mol. The molecule has 3 nitrogen and oxygen atoms in total. The molecule has 0 aromatic heterocycles. The molecule has 1 heterocycles. The molecular weight excluding hydrogens is 152 g/mol. The van der Waals surface area contributed by atoms with Gasteiger partial charge in [0.25, 0.3) is 0 Å². The van der Waals surface area contributed by atoms with E-state index in [1.165, 1.54) is 0 Å². The zero-order valence-electron chi connectivity index (χ0n) is 8.08. The van der Waals surface area contributed by atoms with E-state index in [0.717, 1.165) is 32.5 Å². The van der Waals surface area contributed by atoms with Crippen molar-refractivity contribution in [2.24, 2.45) is 0 Å². The Balaban J connectivity index is 2.13. The van der Waals surface area contributed by atoms with Crippen LogP contribution in [0.2, 0.25) is 0 Å². The van der Waals surface area contributed by atoms with E-state index in [4.69, 9.17) is 0 Å². The number of nitrogens with zero attached hydrogens (tertiary/aromatic N) is 1. The SMILES string of the molecule is CCN(C)CCC1NCCC1O. The van der Waals surface area contributed by atoms with E-state index in [0.29, 0.717) is 6.04 Å². The summed E-state index contributed by atoms with van der Waals surface area (Å²) >= 11 is 0. The van der Waals surface area contributed by atoms with Crippen LogP contribution in [0.1, 0.15) is 19.8 Å². The normalized spacial score (nSPS) is 30.0. The first-order valence-corrected chi connectivity index (χ1v) is 4.84. The lowest BCUT2D eigenvalue weighted by Gasteiger charge is -2.19. The number of rotatable bonds is 4. The lowest BCUT2D eigenvalue weighted by atomic mass is 10.1. The molecule has 0 radical (unpaired) electrons. The first-order valence-electron chi connectivity index (χ1n) is 4.84. The maximum Gasteiger partial charge on any atom is 0.0705 e. The van der Waals surface area contributed by atoms with E-state index < -0.39 is 0 Å². The minimum Gasteiger partial charge on any atom is -0.391 e. The molecule has 0 saturated carbocycles. The molecular formula is C9H20N2O. The van der Waals surface area contributed by atoms with Crippen molar-refractivity contribution >= 4 is 0 Å². The van der Waals surface area contributed by atoms with Crippen LogP contribution >= 0.6 is 0 Å². The van der Waals surface area contributed by atoms with Gasteiger partial charge in [-0.1, -0.05) is 6.92 Å². The lowest BCUT2D eigenvalue weighted by molar-refractivity contribution is 0.149. The van der Waals surface area contributed by atoms with Crippen molar-refractivity contribution in [3.8, 4) is 0 Å². The first-order chi connectivity index (χ1) is 5.74. The Labute approximate surface area is 74.8 Å². The van der Waals surface area contributed by atoms with Crippen LogP contribution in [0.4, 0.5) is 0 Å². The lowest BCUT2D eigenvalue weighted by Crippen LogP contribution is -2.34. The molecule has 1 aliphatic rings. The second kappa shape index (κ2) is 4.80. The standard InChI is InChI=1S/C9H20N2O/c1-3-11(2)7-5-8-9(12)4-6-10-8/h8-10,12H,3-7H2,1-2H3. The molecule has 72 valence electrons. The summed E-state index contributed by atoms with van der Waals surface area (Å²) in [5.74, 6) is 0. The van der Waals surface area contributed by atoms with Gasteiger partial charge in [-0.25, -0.2) is 0 Å². The molecule has 12 heavy (non-hydrogen) atoms. The molecule has 1 fully saturated rings. The van der Waals surface area contributed by atoms with Gasteiger partial charge in [0.1, 0.15) is 0 Å². The molecule has 0 bridgehead atoms. The molecule has 0 aromatic rings. The highest BCUT2D eigenvalue weighted by molar-refractivity contribution is 4.83. The van der Waals surface area contributed by atoms with Gasteiger partial charge in [0.15, 0.2) is 0 Å². The second-order valence-electron chi connectivity index (χ2n) is 3.60. The van der Waals surface area contributed by atoms with E-state index in [1.807, 2.05) is 0 Å². The van der Waals surface area contributed by atoms with Crippen LogP contribution in [-0.2, 0) is 0 Å². The Morgan fingerprint density at radius 2 is 2.33 bits per heavy atom. The molecule has 2 unspecified atom stereocenters. The molecule has 1 rings (SSSR count). The molecule has 0 aromatic carbocycles. The third kappa shape index (κ3) is 2.73. The topological polar surface area (TPSA) is 35.5 Å². The summed E-state index contributed by atoms with van der Waals surface area (Å²) in [6.07, 6.45) is 1.86. The molecule has 0 spiro atoms. The largest absolute Gasteiger partial charge is 0.391 e. The predicted octanol–water partition coefficient (Wildman–Crippen LogP) is 0.0510. The van der Waals surface area contributed by atoms with Crippen molar-refractivity contribution in [1.82, 2.24) is 10.2 Å². The van der Waals surface area contributed by atoms with Crippen LogP contribution in [0.25, 0.3) is 0 Å². The third-order valence-electron chi connectivity index (χ3n) is 2.67. The number of nitrogens with one attached hydrogen (secondary N) is 1. The summed E-state index contributed by atoms with van der Waals surface area (Å²) in [4.78, 5) is 2.27. The summed E-state index contributed by atoms with van der Waals surface area (Å²) in [5, 5.41) is 12.8. The van der Waals surface area contributed by atoms with Crippen molar-refractivity contribution < 1.29 is 5.11 Å². The van der Waals surface area contributed by atoms with Gasteiger partial charge in [0.05, 0.1) is 6.10 Å². The van der Waals surface area contributed by atoms with Crippen LogP contribution in [-0.4, -0.2) is 48.8 Å². The highest BCUT2D eigenvalue weighted by Crippen LogP contribution is 2.10. The van der Waals surface area contributed by atoms with Gasteiger partial charge in [-0.2, -0.15) is 0 Å². The maximum absolute atomic E-state index is 9.49. The minimum absolute atomic E-state index is 0.116.